The Hall–Kier alpha value is -1.52. The number of carboxylic acid groups (broad SMARTS) is 2. The molecule has 2 N–H and O–H groups in total. The number of hydrogen-bond acceptors (Lipinski definition) is 3. The van der Waals surface area contributed by atoms with Gasteiger partial charge in [-0.2, -0.15) is 0 Å². The lowest BCUT2D eigenvalue weighted by molar-refractivity contribution is -0.131. The first-order valence-electron chi connectivity index (χ1n) is 2.67. The Morgan fingerprint density at radius 1 is 1.36 bits per heavy atom. The van der Waals surface area contributed by atoms with E-state index in [1.807, 2.05) is 0 Å². The molecule has 0 aromatic rings. The predicted molar refractivity (Wildman–Crippen MR) is 37.5 cm³/mol. The molecule has 0 atom stereocenters. The van der Waals surface area contributed by atoms with Crippen molar-refractivity contribution in [1.29, 1.82) is 0 Å². The molecule has 5 heteroatoms. The Morgan fingerprint density at radius 3 is 1.73 bits per heavy atom. The molecule has 0 aliphatic rings. The van der Waals surface area contributed by atoms with Crippen LogP contribution >= 0.6 is 0 Å². The second kappa shape index (κ2) is 8.48. The van der Waals surface area contributed by atoms with Crippen LogP contribution in [0.5, 0.6) is 0 Å². The van der Waals surface area contributed by atoms with Crippen molar-refractivity contribution in [1.82, 2.24) is 0 Å². The van der Waals surface area contributed by atoms with Gasteiger partial charge in [0.05, 0.1) is 7.11 Å². The van der Waals surface area contributed by atoms with E-state index in [0.29, 0.717) is 0 Å². The fourth-order valence-corrected chi connectivity index (χ4v) is 0.143. The van der Waals surface area contributed by atoms with Gasteiger partial charge in [-0.15, -0.1) is 0 Å². The topological polar surface area (TPSA) is 83.8 Å². The molecule has 0 saturated heterocycles. The quantitative estimate of drug-likeness (QED) is 0.443. The third-order valence-corrected chi connectivity index (χ3v) is 0.484. The van der Waals surface area contributed by atoms with Crippen LogP contribution in [-0.4, -0.2) is 29.4 Å². The summed E-state index contributed by atoms with van der Waals surface area (Å²) in [5, 5.41) is 15.3. The van der Waals surface area contributed by atoms with E-state index in [0.717, 1.165) is 13.2 Å². The predicted octanol–water partition coefficient (Wildman–Crippen LogP) is 0.958. The molecule has 0 spiro atoms. The number of carbonyl (C=O) groups is 2. The maximum absolute atomic E-state index is 9.51. The first-order chi connectivity index (χ1) is 5.04. The highest BCUT2D eigenvalue weighted by atomic mass is 16.6. The molecule has 0 amide bonds. The molecule has 0 radical (unpaired) electrons. The van der Waals surface area contributed by atoms with Crippen molar-refractivity contribution in [2.45, 2.75) is 6.92 Å². The summed E-state index contributed by atoms with van der Waals surface area (Å²) in [7, 11) is 1.10. The standard InChI is InChI=1S/C4H6O2.C2H4O3/c1-2-3-4(5)6;1-5-2(3)4/h2-3H,1H3,(H,5,6);1H3,(H,3,4). The summed E-state index contributed by atoms with van der Waals surface area (Å²) in [6.45, 7) is 1.66. The van der Waals surface area contributed by atoms with Crippen LogP contribution in [0.1, 0.15) is 6.92 Å². The minimum atomic E-state index is -1.25. The summed E-state index contributed by atoms with van der Waals surface area (Å²) in [5.41, 5.74) is 0. The van der Waals surface area contributed by atoms with Gasteiger partial charge in [-0.1, -0.05) is 6.08 Å². The van der Waals surface area contributed by atoms with E-state index in [1.54, 1.807) is 6.92 Å². The highest BCUT2D eigenvalue weighted by molar-refractivity contribution is 5.79. The van der Waals surface area contributed by atoms with Gasteiger partial charge in [-0.25, -0.2) is 9.59 Å². The number of aliphatic carboxylic acids is 1. The van der Waals surface area contributed by atoms with Crippen molar-refractivity contribution in [3.8, 4) is 0 Å². The SMILES string of the molecule is CC=CC(=O)O.COC(=O)O. The zero-order valence-corrected chi connectivity index (χ0v) is 6.27. The lowest BCUT2D eigenvalue weighted by Gasteiger charge is -1.79. The van der Waals surface area contributed by atoms with Gasteiger partial charge in [0.1, 0.15) is 0 Å². The summed E-state index contributed by atoms with van der Waals surface area (Å²) in [5.74, 6) is -0.891. The van der Waals surface area contributed by atoms with E-state index < -0.39 is 12.1 Å². The fraction of sp³-hybridized carbons (Fsp3) is 0.333. The summed E-state index contributed by atoms with van der Waals surface area (Å²) in [4.78, 5) is 18.7. The van der Waals surface area contributed by atoms with Gasteiger partial charge in [-0.3, -0.25) is 0 Å². The Morgan fingerprint density at radius 2 is 1.73 bits per heavy atom. The maximum atomic E-state index is 9.51. The van der Waals surface area contributed by atoms with E-state index in [9.17, 15) is 4.79 Å². The van der Waals surface area contributed by atoms with Gasteiger partial charge >= 0.3 is 12.1 Å². The molecule has 64 valence electrons. The van der Waals surface area contributed by atoms with Crippen LogP contribution in [-0.2, 0) is 9.53 Å². The zero-order valence-electron chi connectivity index (χ0n) is 6.27. The minimum absolute atomic E-state index is 0.891. The highest BCUT2D eigenvalue weighted by Gasteiger charge is 1.80. The lowest BCUT2D eigenvalue weighted by atomic mass is 10.5. The van der Waals surface area contributed by atoms with Crippen molar-refractivity contribution in [2.24, 2.45) is 0 Å². The van der Waals surface area contributed by atoms with Gasteiger partial charge in [0.25, 0.3) is 0 Å². The van der Waals surface area contributed by atoms with Gasteiger partial charge in [0.15, 0.2) is 0 Å². The average Bonchev–Trinajstić information content (AvgIpc) is 1.89. The number of hydrogen-bond donors (Lipinski definition) is 2. The molecule has 0 saturated carbocycles. The number of allylic oxidation sites excluding steroid dienone is 1. The highest BCUT2D eigenvalue weighted by Crippen LogP contribution is 1.65. The van der Waals surface area contributed by atoms with Crippen LogP contribution < -0.4 is 0 Å². The van der Waals surface area contributed by atoms with E-state index in [1.165, 1.54) is 6.08 Å². The third-order valence-electron chi connectivity index (χ3n) is 0.484. The van der Waals surface area contributed by atoms with Crippen molar-refractivity contribution >= 4 is 12.1 Å². The van der Waals surface area contributed by atoms with Crippen molar-refractivity contribution in [2.75, 3.05) is 7.11 Å². The van der Waals surface area contributed by atoms with Crippen LogP contribution in [0.4, 0.5) is 4.79 Å². The number of methoxy groups -OCH3 is 1. The first-order valence-corrected chi connectivity index (χ1v) is 2.67. The van der Waals surface area contributed by atoms with E-state index in [4.69, 9.17) is 15.0 Å². The van der Waals surface area contributed by atoms with Crippen molar-refractivity contribution in [3.05, 3.63) is 12.2 Å². The molecule has 0 rings (SSSR count). The Bertz CT molecular complexity index is 149. The normalized spacial score (nSPS) is 8.18. The van der Waals surface area contributed by atoms with Crippen LogP contribution in [0.3, 0.4) is 0 Å². The van der Waals surface area contributed by atoms with E-state index in [2.05, 4.69) is 4.74 Å². The van der Waals surface area contributed by atoms with Gasteiger partial charge in [-0.05, 0) is 6.92 Å². The molecular formula is C6H10O5. The summed E-state index contributed by atoms with van der Waals surface area (Å²) in [6, 6.07) is 0. The van der Waals surface area contributed by atoms with Crippen LogP contribution in [0.25, 0.3) is 0 Å². The summed E-state index contributed by atoms with van der Waals surface area (Å²) in [6.07, 6.45) is 1.31. The van der Waals surface area contributed by atoms with Crippen LogP contribution in [0.2, 0.25) is 0 Å². The second-order valence-corrected chi connectivity index (χ2v) is 1.31. The van der Waals surface area contributed by atoms with E-state index in [-0.39, 0.29) is 0 Å². The molecule has 0 aliphatic heterocycles. The van der Waals surface area contributed by atoms with Gasteiger partial charge in [0, 0.05) is 6.08 Å². The molecule has 5 nitrogen and oxygen atoms in total. The Labute approximate surface area is 63.9 Å². The first kappa shape index (κ1) is 12.2. The van der Waals surface area contributed by atoms with Gasteiger partial charge in [0.2, 0.25) is 0 Å². The molecule has 0 aliphatic carbocycles. The van der Waals surface area contributed by atoms with E-state index >= 15 is 0 Å². The molecule has 0 bridgehead atoms. The Kier molecular flexibility index (Phi) is 9.39. The zero-order chi connectivity index (χ0) is 9.28. The lowest BCUT2D eigenvalue weighted by Crippen LogP contribution is -1.91. The number of rotatable bonds is 1. The third kappa shape index (κ3) is 29.4. The molecule has 11 heavy (non-hydrogen) atoms. The average molecular weight is 162 g/mol. The van der Waals surface area contributed by atoms with Crippen molar-refractivity contribution < 1.29 is 24.5 Å². The Balaban J connectivity index is 0. The second-order valence-electron chi connectivity index (χ2n) is 1.31. The molecule has 0 fully saturated rings. The van der Waals surface area contributed by atoms with Gasteiger partial charge < -0.3 is 14.9 Å². The monoisotopic (exact) mass is 162 g/mol. The smallest absolute Gasteiger partial charge is 0.478 e. The molecule has 0 heterocycles. The minimum Gasteiger partial charge on any atom is -0.478 e. The van der Waals surface area contributed by atoms with Crippen molar-refractivity contribution in [3.63, 3.8) is 0 Å². The largest absolute Gasteiger partial charge is 0.505 e. The molecule has 0 aromatic carbocycles. The van der Waals surface area contributed by atoms with Crippen LogP contribution in [0.15, 0.2) is 12.2 Å². The number of carboxylic acids is 1. The number of ether oxygens (including phenoxy) is 1. The molecule has 0 aromatic heterocycles. The maximum Gasteiger partial charge on any atom is 0.505 e. The molecule has 0 unspecified atom stereocenters. The molecular weight excluding hydrogens is 152 g/mol. The fourth-order valence-electron chi connectivity index (χ4n) is 0.143. The van der Waals surface area contributed by atoms with Crippen LogP contribution in [0, 0.1) is 0 Å². The summed E-state index contributed by atoms with van der Waals surface area (Å²) >= 11 is 0. The summed E-state index contributed by atoms with van der Waals surface area (Å²) < 4.78 is 3.67.